The van der Waals surface area contributed by atoms with Crippen molar-refractivity contribution < 1.29 is 9.53 Å². The van der Waals surface area contributed by atoms with E-state index in [1.165, 1.54) is 0 Å². The normalized spacial score (nSPS) is 11.3. The third kappa shape index (κ3) is 2.98. The number of hydrogen-bond donors (Lipinski definition) is 1. The van der Waals surface area contributed by atoms with Gasteiger partial charge in [-0.05, 0) is 6.92 Å². The van der Waals surface area contributed by atoms with Gasteiger partial charge in [0, 0.05) is 18.5 Å². The fourth-order valence-electron chi connectivity index (χ4n) is 1.22. The highest BCUT2D eigenvalue weighted by Crippen LogP contribution is 2.23. The molecule has 0 bridgehead atoms. The van der Waals surface area contributed by atoms with Crippen LogP contribution < -0.4 is 5.32 Å². The lowest BCUT2D eigenvalue weighted by molar-refractivity contribution is 0.167. The maximum atomic E-state index is 11.2. The second kappa shape index (κ2) is 4.55. The molecular formula is C11H19N3O2. The summed E-state index contributed by atoms with van der Waals surface area (Å²) in [7, 11) is 1.79. The molecule has 16 heavy (non-hydrogen) atoms. The van der Waals surface area contributed by atoms with Crippen molar-refractivity contribution in [3.8, 4) is 0 Å². The number of amides is 1. The van der Waals surface area contributed by atoms with Gasteiger partial charge in [-0.15, -0.1) is 0 Å². The Bertz CT molecular complexity index is 377. The number of hydrogen-bond acceptors (Lipinski definition) is 3. The van der Waals surface area contributed by atoms with Gasteiger partial charge < -0.3 is 4.74 Å². The number of aromatic nitrogens is 2. The number of anilines is 1. The van der Waals surface area contributed by atoms with Crippen LogP contribution >= 0.6 is 0 Å². The van der Waals surface area contributed by atoms with E-state index in [4.69, 9.17) is 4.74 Å². The summed E-state index contributed by atoms with van der Waals surface area (Å²) in [5, 5.41) is 6.98. The number of nitrogens with one attached hydrogen (secondary N) is 1. The van der Waals surface area contributed by atoms with Crippen molar-refractivity contribution in [3.05, 3.63) is 11.8 Å². The van der Waals surface area contributed by atoms with Gasteiger partial charge in [0.15, 0.2) is 0 Å². The molecule has 0 atom stereocenters. The zero-order valence-electron chi connectivity index (χ0n) is 10.5. The van der Waals surface area contributed by atoms with Crippen LogP contribution in [0.1, 0.15) is 33.4 Å². The smallest absolute Gasteiger partial charge is 0.412 e. The van der Waals surface area contributed by atoms with Crippen LogP contribution in [0, 0.1) is 0 Å². The van der Waals surface area contributed by atoms with Crippen molar-refractivity contribution >= 4 is 11.9 Å². The monoisotopic (exact) mass is 225 g/mol. The van der Waals surface area contributed by atoms with Gasteiger partial charge in [-0.25, -0.2) is 4.79 Å². The number of carbonyl (C=O) groups excluding carboxylic acids is 1. The van der Waals surface area contributed by atoms with E-state index >= 15 is 0 Å². The lowest BCUT2D eigenvalue weighted by Crippen LogP contribution is -2.15. The average molecular weight is 225 g/mol. The third-order valence-corrected chi connectivity index (χ3v) is 2.15. The van der Waals surface area contributed by atoms with E-state index in [1.807, 2.05) is 6.07 Å². The standard InChI is InChI=1S/C11H19N3O2/c1-6-16-10(15)12-9-7-8(11(2,3)4)13-14(9)5/h7H,6H2,1-5H3,(H,12,15). The predicted molar refractivity (Wildman–Crippen MR) is 62.6 cm³/mol. The first kappa shape index (κ1) is 12.5. The van der Waals surface area contributed by atoms with Gasteiger partial charge in [0.2, 0.25) is 0 Å². The Morgan fingerprint density at radius 3 is 2.62 bits per heavy atom. The van der Waals surface area contributed by atoms with Crippen molar-refractivity contribution in [2.75, 3.05) is 11.9 Å². The van der Waals surface area contributed by atoms with Crippen LogP contribution in [0.4, 0.5) is 10.6 Å². The molecule has 5 heteroatoms. The number of nitrogens with zero attached hydrogens (tertiary/aromatic N) is 2. The summed E-state index contributed by atoms with van der Waals surface area (Å²) in [5.41, 5.74) is 0.897. The Balaban J connectivity index is 2.82. The Morgan fingerprint density at radius 1 is 1.56 bits per heavy atom. The van der Waals surface area contributed by atoms with Crippen molar-refractivity contribution in [3.63, 3.8) is 0 Å². The molecule has 90 valence electrons. The van der Waals surface area contributed by atoms with Crippen LogP contribution in [-0.4, -0.2) is 22.5 Å². The molecule has 1 aromatic heterocycles. The molecule has 1 aromatic rings. The number of rotatable bonds is 2. The minimum absolute atomic E-state index is 0.0354. The highest BCUT2D eigenvalue weighted by molar-refractivity contribution is 5.83. The maximum absolute atomic E-state index is 11.2. The Hall–Kier alpha value is -1.52. The Labute approximate surface area is 95.8 Å². The van der Waals surface area contributed by atoms with Gasteiger partial charge in [0.05, 0.1) is 12.3 Å². The molecular weight excluding hydrogens is 206 g/mol. The molecule has 0 aromatic carbocycles. The van der Waals surface area contributed by atoms with Crippen molar-refractivity contribution in [1.82, 2.24) is 9.78 Å². The Kier molecular flexibility index (Phi) is 3.57. The van der Waals surface area contributed by atoms with E-state index in [0.29, 0.717) is 12.4 Å². The van der Waals surface area contributed by atoms with Crippen LogP contribution in [0.15, 0.2) is 6.07 Å². The Morgan fingerprint density at radius 2 is 2.19 bits per heavy atom. The second-order valence-corrected chi connectivity index (χ2v) is 4.63. The quantitative estimate of drug-likeness (QED) is 0.840. The molecule has 1 rings (SSSR count). The van der Waals surface area contributed by atoms with E-state index in [9.17, 15) is 4.79 Å². The molecule has 0 unspecified atom stereocenters. The van der Waals surface area contributed by atoms with Crippen LogP contribution in [0.2, 0.25) is 0 Å². The molecule has 0 saturated heterocycles. The summed E-state index contributed by atoms with van der Waals surface area (Å²) in [6.07, 6.45) is -0.453. The highest BCUT2D eigenvalue weighted by Gasteiger charge is 2.19. The van der Waals surface area contributed by atoms with Crippen molar-refractivity contribution in [2.24, 2.45) is 7.05 Å². The van der Waals surface area contributed by atoms with Gasteiger partial charge in [0.25, 0.3) is 0 Å². The summed E-state index contributed by atoms with van der Waals surface area (Å²) >= 11 is 0. The molecule has 1 N–H and O–H groups in total. The van der Waals surface area contributed by atoms with Crippen molar-refractivity contribution in [2.45, 2.75) is 33.1 Å². The number of ether oxygens (including phenoxy) is 1. The van der Waals surface area contributed by atoms with Gasteiger partial charge in [-0.1, -0.05) is 20.8 Å². The van der Waals surface area contributed by atoms with E-state index in [-0.39, 0.29) is 5.41 Å². The molecule has 0 spiro atoms. The first-order chi connectivity index (χ1) is 7.34. The van der Waals surface area contributed by atoms with Crippen LogP contribution in [0.3, 0.4) is 0 Å². The number of carbonyl (C=O) groups is 1. The molecule has 0 radical (unpaired) electrons. The fraction of sp³-hybridized carbons (Fsp3) is 0.636. The first-order valence-corrected chi connectivity index (χ1v) is 5.33. The summed E-state index contributed by atoms with van der Waals surface area (Å²) in [6, 6.07) is 1.86. The largest absolute Gasteiger partial charge is 0.450 e. The zero-order chi connectivity index (χ0) is 12.3. The summed E-state index contributed by atoms with van der Waals surface area (Å²) in [4.78, 5) is 11.2. The molecule has 1 amide bonds. The van der Waals surface area contributed by atoms with E-state index in [2.05, 4.69) is 31.2 Å². The maximum Gasteiger partial charge on any atom is 0.412 e. The van der Waals surface area contributed by atoms with E-state index in [1.54, 1.807) is 18.7 Å². The molecule has 0 aliphatic heterocycles. The molecule has 0 saturated carbocycles. The fourth-order valence-corrected chi connectivity index (χ4v) is 1.22. The summed E-state index contributed by atoms with van der Waals surface area (Å²) < 4.78 is 6.44. The van der Waals surface area contributed by atoms with Crippen LogP contribution in [-0.2, 0) is 17.2 Å². The van der Waals surface area contributed by atoms with Crippen LogP contribution in [0.25, 0.3) is 0 Å². The minimum atomic E-state index is -0.453. The lowest BCUT2D eigenvalue weighted by Gasteiger charge is -2.13. The van der Waals surface area contributed by atoms with Gasteiger partial charge in [-0.2, -0.15) is 5.10 Å². The van der Waals surface area contributed by atoms with Gasteiger partial charge in [0.1, 0.15) is 5.82 Å². The zero-order valence-corrected chi connectivity index (χ0v) is 10.5. The van der Waals surface area contributed by atoms with Crippen molar-refractivity contribution in [1.29, 1.82) is 0 Å². The third-order valence-electron chi connectivity index (χ3n) is 2.15. The summed E-state index contributed by atoms with van der Waals surface area (Å²) in [6.45, 7) is 8.34. The average Bonchev–Trinajstić information content (AvgIpc) is 2.47. The lowest BCUT2D eigenvalue weighted by atomic mass is 9.92. The summed E-state index contributed by atoms with van der Waals surface area (Å²) in [5.74, 6) is 0.642. The minimum Gasteiger partial charge on any atom is -0.450 e. The highest BCUT2D eigenvalue weighted by atomic mass is 16.5. The second-order valence-electron chi connectivity index (χ2n) is 4.63. The topological polar surface area (TPSA) is 56.1 Å². The number of aryl methyl sites for hydroxylation is 1. The van der Waals surface area contributed by atoms with Gasteiger partial charge in [-0.3, -0.25) is 10.00 Å². The molecule has 0 aliphatic rings. The van der Waals surface area contributed by atoms with E-state index in [0.717, 1.165) is 5.69 Å². The van der Waals surface area contributed by atoms with Crippen LogP contribution in [0.5, 0.6) is 0 Å². The molecule has 5 nitrogen and oxygen atoms in total. The molecule has 0 aliphatic carbocycles. The molecule has 0 fully saturated rings. The molecule has 1 heterocycles. The van der Waals surface area contributed by atoms with E-state index < -0.39 is 6.09 Å². The SMILES string of the molecule is CCOC(=O)Nc1cc(C(C)(C)C)nn1C. The predicted octanol–water partition coefficient (Wildman–Crippen LogP) is 2.29. The first-order valence-electron chi connectivity index (χ1n) is 5.33. The van der Waals surface area contributed by atoms with Gasteiger partial charge >= 0.3 is 6.09 Å².